The van der Waals surface area contributed by atoms with Crippen molar-refractivity contribution in [3.63, 3.8) is 0 Å². The maximum absolute atomic E-state index is 5.90. The van der Waals surface area contributed by atoms with Crippen molar-refractivity contribution in [2.24, 2.45) is 5.73 Å². The average Bonchev–Trinajstić information content (AvgIpc) is 2.03. The Bertz CT molecular complexity index is 273. The third-order valence-corrected chi connectivity index (χ3v) is 2.53. The van der Waals surface area contributed by atoms with E-state index in [0.29, 0.717) is 0 Å². The molecule has 0 aliphatic carbocycles. The molecule has 0 fully saturated rings. The lowest BCUT2D eigenvalue weighted by atomic mass is 10.0. The molecule has 1 aromatic rings. The minimum Gasteiger partial charge on any atom is -0.324 e. The summed E-state index contributed by atoms with van der Waals surface area (Å²) in [5, 5.41) is 0. The van der Waals surface area contributed by atoms with Gasteiger partial charge in [-0.3, -0.25) is 0 Å². The molecule has 1 atom stereocenters. The van der Waals surface area contributed by atoms with Crippen molar-refractivity contribution in [1.29, 1.82) is 0 Å². The van der Waals surface area contributed by atoms with E-state index in [9.17, 15) is 0 Å². The number of halogens is 1. The van der Waals surface area contributed by atoms with Crippen LogP contribution in [0.4, 0.5) is 0 Å². The highest BCUT2D eigenvalue weighted by molar-refractivity contribution is 14.1. The third-order valence-electron chi connectivity index (χ3n) is 1.93. The molecule has 0 aliphatic rings. The van der Waals surface area contributed by atoms with E-state index < -0.39 is 0 Å². The van der Waals surface area contributed by atoms with E-state index in [0.717, 1.165) is 21.4 Å². The number of hydrogen-bond donors (Lipinski definition) is 1. The van der Waals surface area contributed by atoms with E-state index in [1.807, 2.05) is 13.0 Å². The summed E-state index contributed by atoms with van der Waals surface area (Å²) in [5.41, 5.74) is 8.12. The van der Waals surface area contributed by atoms with Crippen molar-refractivity contribution in [2.45, 2.75) is 26.3 Å². The number of hydrogen-bond acceptors (Lipinski definition) is 2. The lowest BCUT2D eigenvalue weighted by Gasteiger charge is -2.11. The maximum atomic E-state index is 5.90. The molecule has 2 N–H and O–H groups in total. The number of rotatable bonds is 2. The Kier molecular flexibility index (Phi) is 3.46. The van der Waals surface area contributed by atoms with Gasteiger partial charge in [0.25, 0.3) is 0 Å². The molecule has 0 amide bonds. The van der Waals surface area contributed by atoms with Crippen molar-refractivity contribution in [2.75, 3.05) is 0 Å². The third kappa shape index (κ3) is 2.17. The smallest absolute Gasteiger partial charge is 0.101 e. The molecule has 3 heteroatoms. The van der Waals surface area contributed by atoms with Crippen molar-refractivity contribution < 1.29 is 0 Å². The molecule has 0 aromatic carbocycles. The van der Waals surface area contributed by atoms with Crippen LogP contribution in [0.25, 0.3) is 0 Å². The standard InChI is InChI=1S/C9H13IN2/c1-3-8(11)7-4-5-9(10)12-6(7)2/h4-5,8H,3,11H2,1-2H3. The molecule has 0 saturated carbocycles. The Labute approximate surface area is 86.7 Å². The van der Waals surface area contributed by atoms with Crippen LogP contribution in [0.2, 0.25) is 0 Å². The zero-order valence-corrected chi connectivity index (χ0v) is 9.50. The summed E-state index contributed by atoms with van der Waals surface area (Å²) in [4.78, 5) is 4.35. The zero-order valence-electron chi connectivity index (χ0n) is 7.34. The number of nitrogens with zero attached hydrogens (tertiary/aromatic N) is 1. The highest BCUT2D eigenvalue weighted by Crippen LogP contribution is 2.17. The van der Waals surface area contributed by atoms with Gasteiger partial charge in [0.2, 0.25) is 0 Å². The molecular formula is C9H13IN2. The first-order chi connectivity index (χ1) is 5.65. The molecule has 1 heterocycles. The van der Waals surface area contributed by atoms with Gasteiger partial charge in [-0.2, -0.15) is 0 Å². The van der Waals surface area contributed by atoms with Gasteiger partial charge in [-0.25, -0.2) is 4.98 Å². The Morgan fingerprint density at radius 1 is 1.58 bits per heavy atom. The summed E-state index contributed by atoms with van der Waals surface area (Å²) in [7, 11) is 0. The van der Waals surface area contributed by atoms with Crippen LogP contribution in [0.15, 0.2) is 12.1 Å². The van der Waals surface area contributed by atoms with E-state index in [-0.39, 0.29) is 6.04 Å². The summed E-state index contributed by atoms with van der Waals surface area (Å²) in [6.45, 7) is 4.09. The van der Waals surface area contributed by atoms with Crippen LogP contribution in [0, 0.1) is 10.6 Å². The molecule has 1 unspecified atom stereocenters. The monoisotopic (exact) mass is 276 g/mol. The number of aromatic nitrogens is 1. The van der Waals surface area contributed by atoms with Crippen LogP contribution in [-0.2, 0) is 0 Å². The van der Waals surface area contributed by atoms with Gasteiger partial charge in [-0.05, 0) is 47.6 Å². The van der Waals surface area contributed by atoms with Gasteiger partial charge in [0.1, 0.15) is 3.70 Å². The van der Waals surface area contributed by atoms with Crippen LogP contribution in [0.5, 0.6) is 0 Å². The summed E-state index contributed by atoms with van der Waals surface area (Å²) in [6.07, 6.45) is 0.961. The van der Waals surface area contributed by atoms with Gasteiger partial charge in [0.05, 0.1) is 0 Å². The fourth-order valence-corrected chi connectivity index (χ4v) is 1.69. The first-order valence-corrected chi connectivity index (χ1v) is 5.11. The summed E-state index contributed by atoms with van der Waals surface area (Å²) in [6, 6.07) is 4.20. The number of nitrogens with two attached hydrogens (primary N) is 1. The molecule has 2 nitrogen and oxygen atoms in total. The summed E-state index contributed by atoms with van der Waals surface area (Å²) < 4.78 is 1.03. The van der Waals surface area contributed by atoms with Crippen molar-refractivity contribution in [1.82, 2.24) is 4.98 Å². The summed E-state index contributed by atoms with van der Waals surface area (Å²) >= 11 is 2.21. The molecule has 1 aromatic heterocycles. The quantitative estimate of drug-likeness (QED) is 0.665. The van der Waals surface area contributed by atoms with Crippen LogP contribution in [0.1, 0.15) is 30.6 Å². The SMILES string of the molecule is CCC(N)c1ccc(I)nc1C. The molecule has 1 rings (SSSR count). The topological polar surface area (TPSA) is 38.9 Å². The largest absolute Gasteiger partial charge is 0.324 e. The highest BCUT2D eigenvalue weighted by Gasteiger charge is 2.06. The lowest BCUT2D eigenvalue weighted by Crippen LogP contribution is -2.11. The lowest BCUT2D eigenvalue weighted by molar-refractivity contribution is 0.688. The van der Waals surface area contributed by atoms with Crippen molar-refractivity contribution in [3.8, 4) is 0 Å². The highest BCUT2D eigenvalue weighted by atomic mass is 127. The molecule has 12 heavy (non-hydrogen) atoms. The number of aryl methyl sites for hydroxylation is 1. The minimum absolute atomic E-state index is 0.134. The second-order valence-corrected chi connectivity index (χ2v) is 3.93. The maximum Gasteiger partial charge on any atom is 0.101 e. The van der Waals surface area contributed by atoms with Crippen LogP contribution < -0.4 is 5.73 Å². The van der Waals surface area contributed by atoms with Gasteiger partial charge < -0.3 is 5.73 Å². The predicted molar refractivity (Wildman–Crippen MR) is 58.9 cm³/mol. The molecule has 0 bridgehead atoms. The Hall–Kier alpha value is -0.160. The molecule has 66 valence electrons. The molecule has 0 spiro atoms. The Morgan fingerprint density at radius 3 is 2.75 bits per heavy atom. The number of pyridine rings is 1. The van der Waals surface area contributed by atoms with Crippen LogP contribution in [0.3, 0.4) is 0 Å². The first kappa shape index (κ1) is 9.92. The van der Waals surface area contributed by atoms with Crippen LogP contribution >= 0.6 is 22.6 Å². The van der Waals surface area contributed by atoms with E-state index >= 15 is 0 Å². The zero-order chi connectivity index (χ0) is 9.14. The predicted octanol–water partition coefficient (Wildman–Crippen LogP) is 2.40. The molecule has 0 saturated heterocycles. The van der Waals surface area contributed by atoms with Crippen molar-refractivity contribution >= 4 is 22.6 Å². The van der Waals surface area contributed by atoms with Crippen LogP contribution in [-0.4, -0.2) is 4.98 Å². The average molecular weight is 276 g/mol. The van der Waals surface area contributed by atoms with E-state index in [4.69, 9.17) is 5.73 Å². The Balaban J connectivity index is 3.01. The van der Waals surface area contributed by atoms with Gasteiger partial charge in [0, 0.05) is 11.7 Å². The van der Waals surface area contributed by atoms with E-state index in [2.05, 4.69) is 40.6 Å². The van der Waals surface area contributed by atoms with Crippen molar-refractivity contribution in [3.05, 3.63) is 27.1 Å². The molecular weight excluding hydrogens is 263 g/mol. The van der Waals surface area contributed by atoms with E-state index in [1.54, 1.807) is 0 Å². The first-order valence-electron chi connectivity index (χ1n) is 4.03. The normalized spacial score (nSPS) is 13.0. The molecule has 0 radical (unpaired) electrons. The minimum atomic E-state index is 0.134. The van der Waals surface area contributed by atoms with E-state index in [1.165, 1.54) is 0 Å². The fraction of sp³-hybridized carbons (Fsp3) is 0.444. The van der Waals surface area contributed by atoms with Gasteiger partial charge in [-0.1, -0.05) is 13.0 Å². The van der Waals surface area contributed by atoms with Gasteiger partial charge >= 0.3 is 0 Å². The Morgan fingerprint density at radius 2 is 2.25 bits per heavy atom. The van der Waals surface area contributed by atoms with Gasteiger partial charge in [0.15, 0.2) is 0 Å². The fourth-order valence-electron chi connectivity index (χ4n) is 1.15. The summed E-state index contributed by atoms with van der Waals surface area (Å²) in [5.74, 6) is 0. The second-order valence-electron chi connectivity index (χ2n) is 2.82. The second kappa shape index (κ2) is 4.18. The molecule has 0 aliphatic heterocycles. The van der Waals surface area contributed by atoms with Gasteiger partial charge in [-0.15, -0.1) is 0 Å².